The molecule has 14 heavy (non-hydrogen) atoms. The van der Waals surface area contributed by atoms with Crippen LogP contribution in [0.1, 0.15) is 10.4 Å². The van der Waals surface area contributed by atoms with Gasteiger partial charge in [0.2, 0.25) is 0 Å². The Balaban J connectivity index is 2.67. The lowest BCUT2D eigenvalue weighted by Crippen LogP contribution is -1.88. The summed E-state index contributed by atoms with van der Waals surface area (Å²) in [5, 5.41) is 0.810. The van der Waals surface area contributed by atoms with Crippen LogP contribution in [0.5, 0.6) is 0 Å². The molecule has 2 nitrogen and oxygen atoms in total. The van der Waals surface area contributed by atoms with Crippen LogP contribution in [-0.4, -0.2) is 10.2 Å². The number of benzene rings is 1. The number of rotatable bonds is 1. The molecule has 0 saturated carbocycles. The first-order valence-corrected chi connectivity index (χ1v) is 4.68. The minimum Gasteiger partial charge on any atom is -0.276 e. The van der Waals surface area contributed by atoms with Crippen LogP contribution in [0.3, 0.4) is 0 Å². The lowest BCUT2D eigenvalue weighted by atomic mass is 10.1. The van der Waals surface area contributed by atoms with Crippen LogP contribution in [0, 0.1) is 0 Å². The first-order valence-electron chi connectivity index (χ1n) is 3.93. The number of halogens is 2. The maximum Gasteiger partial charge on any atom is 0.252 e. The first-order chi connectivity index (χ1) is 6.66. The highest BCUT2D eigenvalue weighted by Crippen LogP contribution is 2.17. The number of carbonyl (C=O) groups excluding carboxylic acids is 1. The molecule has 1 heterocycles. The van der Waals surface area contributed by atoms with E-state index in [1.165, 1.54) is 0 Å². The predicted molar refractivity (Wildman–Crippen MR) is 56.9 cm³/mol. The van der Waals surface area contributed by atoms with Gasteiger partial charge in [-0.25, -0.2) is 4.98 Å². The third-order valence-corrected chi connectivity index (χ3v) is 2.31. The van der Waals surface area contributed by atoms with Gasteiger partial charge in [-0.15, -0.1) is 0 Å². The SMILES string of the molecule is O=C(Cl)c1ccc2nc(Cl)ccc2c1. The molecule has 4 heteroatoms. The summed E-state index contributed by atoms with van der Waals surface area (Å²) < 4.78 is 0. The zero-order chi connectivity index (χ0) is 10.1. The van der Waals surface area contributed by atoms with Crippen molar-refractivity contribution in [1.29, 1.82) is 0 Å². The molecule has 0 aliphatic heterocycles. The van der Waals surface area contributed by atoms with Gasteiger partial charge in [-0.3, -0.25) is 4.79 Å². The molecule has 0 N–H and O–H groups in total. The van der Waals surface area contributed by atoms with Gasteiger partial charge in [-0.1, -0.05) is 11.6 Å². The molecule has 1 aromatic carbocycles. The first kappa shape index (κ1) is 9.44. The van der Waals surface area contributed by atoms with Gasteiger partial charge in [-0.05, 0) is 41.9 Å². The summed E-state index contributed by atoms with van der Waals surface area (Å²) in [5.74, 6) is 0. The smallest absolute Gasteiger partial charge is 0.252 e. The molecule has 0 saturated heterocycles. The van der Waals surface area contributed by atoms with Crippen LogP contribution in [0.2, 0.25) is 5.15 Å². The lowest BCUT2D eigenvalue weighted by Gasteiger charge is -1.99. The second-order valence-corrected chi connectivity index (χ2v) is 3.55. The van der Waals surface area contributed by atoms with Crippen LogP contribution in [0.25, 0.3) is 10.9 Å². The Labute approximate surface area is 90.5 Å². The fourth-order valence-electron chi connectivity index (χ4n) is 1.22. The number of nitrogens with zero attached hydrogens (tertiary/aromatic N) is 1. The number of aromatic nitrogens is 1. The fraction of sp³-hybridized carbons (Fsp3) is 0. The molecule has 0 fully saturated rings. The summed E-state index contributed by atoms with van der Waals surface area (Å²) in [7, 11) is 0. The van der Waals surface area contributed by atoms with E-state index in [1.54, 1.807) is 30.3 Å². The van der Waals surface area contributed by atoms with Crippen molar-refractivity contribution in [1.82, 2.24) is 4.98 Å². The van der Waals surface area contributed by atoms with Crippen LogP contribution in [0.4, 0.5) is 0 Å². The molecule has 0 amide bonds. The molecular formula is C10H5Cl2NO. The van der Waals surface area contributed by atoms with E-state index in [4.69, 9.17) is 23.2 Å². The Morgan fingerprint density at radius 3 is 2.71 bits per heavy atom. The second kappa shape index (κ2) is 3.56. The van der Waals surface area contributed by atoms with E-state index in [0.29, 0.717) is 10.7 Å². The zero-order valence-electron chi connectivity index (χ0n) is 7.00. The minimum atomic E-state index is -0.471. The Morgan fingerprint density at radius 1 is 1.21 bits per heavy atom. The van der Waals surface area contributed by atoms with Gasteiger partial charge in [-0.2, -0.15) is 0 Å². The molecule has 70 valence electrons. The summed E-state index contributed by atoms with van der Waals surface area (Å²) in [6, 6.07) is 8.51. The fourth-order valence-corrected chi connectivity index (χ4v) is 1.49. The lowest BCUT2D eigenvalue weighted by molar-refractivity contribution is 0.108. The van der Waals surface area contributed by atoms with Gasteiger partial charge in [0.05, 0.1) is 5.52 Å². The number of pyridine rings is 1. The van der Waals surface area contributed by atoms with Gasteiger partial charge >= 0.3 is 0 Å². The maximum absolute atomic E-state index is 10.9. The van der Waals surface area contributed by atoms with Crippen molar-refractivity contribution in [2.75, 3.05) is 0 Å². The monoisotopic (exact) mass is 225 g/mol. The summed E-state index contributed by atoms with van der Waals surface area (Å²) in [6.45, 7) is 0. The number of fused-ring (bicyclic) bond motifs is 1. The van der Waals surface area contributed by atoms with Crippen LogP contribution >= 0.6 is 23.2 Å². The van der Waals surface area contributed by atoms with Crippen LogP contribution in [0.15, 0.2) is 30.3 Å². The summed E-state index contributed by atoms with van der Waals surface area (Å²) in [6.07, 6.45) is 0. The number of hydrogen-bond acceptors (Lipinski definition) is 2. The van der Waals surface area contributed by atoms with E-state index in [9.17, 15) is 4.79 Å². The van der Waals surface area contributed by atoms with Crippen molar-refractivity contribution in [3.63, 3.8) is 0 Å². The molecule has 0 aliphatic carbocycles. The van der Waals surface area contributed by atoms with Gasteiger partial charge in [0.1, 0.15) is 5.15 Å². The molecule has 1 aromatic heterocycles. The van der Waals surface area contributed by atoms with Gasteiger partial charge in [0, 0.05) is 10.9 Å². The molecule has 0 bridgehead atoms. The highest BCUT2D eigenvalue weighted by atomic mass is 35.5. The highest BCUT2D eigenvalue weighted by Gasteiger charge is 2.03. The minimum absolute atomic E-state index is 0.433. The van der Waals surface area contributed by atoms with Crippen molar-refractivity contribution in [3.05, 3.63) is 41.0 Å². The zero-order valence-corrected chi connectivity index (χ0v) is 8.51. The molecular weight excluding hydrogens is 221 g/mol. The molecule has 2 rings (SSSR count). The normalized spacial score (nSPS) is 10.4. The van der Waals surface area contributed by atoms with E-state index in [2.05, 4.69) is 4.98 Å². The molecule has 2 aromatic rings. The Kier molecular flexibility index (Phi) is 2.40. The van der Waals surface area contributed by atoms with E-state index < -0.39 is 5.24 Å². The molecule has 0 spiro atoms. The van der Waals surface area contributed by atoms with Gasteiger partial charge < -0.3 is 0 Å². The van der Waals surface area contributed by atoms with E-state index in [1.807, 2.05) is 0 Å². The molecule has 0 unspecified atom stereocenters. The summed E-state index contributed by atoms with van der Waals surface area (Å²) in [4.78, 5) is 15.0. The average molecular weight is 226 g/mol. The van der Waals surface area contributed by atoms with E-state index in [0.717, 1.165) is 10.9 Å². The van der Waals surface area contributed by atoms with Crippen molar-refractivity contribution in [3.8, 4) is 0 Å². The van der Waals surface area contributed by atoms with Gasteiger partial charge in [0.15, 0.2) is 0 Å². The van der Waals surface area contributed by atoms with Crippen molar-refractivity contribution < 1.29 is 4.79 Å². The van der Waals surface area contributed by atoms with E-state index in [-0.39, 0.29) is 0 Å². The predicted octanol–water partition coefficient (Wildman–Crippen LogP) is 3.27. The van der Waals surface area contributed by atoms with Gasteiger partial charge in [0.25, 0.3) is 5.24 Å². The van der Waals surface area contributed by atoms with Crippen LogP contribution in [-0.2, 0) is 0 Å². The molecule has 0 aliphatic rings. The van der Waals surface area contributed by atoms with Crippen molar-refractivity contribution in [2.24, 2.45) is 0 Å². The van der Waals surface area contributed by atoms with E-state index >= 15 is 0 Å². The summed E-state index contributed by atoms with van der Waals surface area (Å²) >= 11 is 11.1. The number of carbonyl (C=O) groups is 1. The second-order valence-electron chi connectivity index (χ2n) is 2.82. The molecule has 0 atom stereocenters. The maximum atomic E-state index is 10.9. The Bertz CT molecular complexity index is 510. The third-order valence-electron chi connectivity index (χ3n) is 1.88. The molecule has 0 radical (unpaired) electrons. The number of hydrogen-bond donors (Lipinski definition) is 0. The topological polar surface area (TPSA) is 30.0 Å². The largest absolute Gasteiger partial charge is 0.276 e. The van der Waals surface area contributed by atoms with Crippen molar-refractivity contribution >= 4 is 39.3 Å². The van der Waals surface area contributed by atoms with Crippen LogP contribution < -0.4 is 0 Å². The standard InChI is InChI=1S/C10H5Cl2NO/c11-9-4-2-6-5-7(10(12)14)1-3-8(6)13-9/h1-5H. The third kappa shape index (κ3) is 1.72. The highest BCUT2D eigenvalue weighted by molar-refractivity contribution is 6.67. The average Bonchev–Trinajstić information content (AvgIpc) is 2.16. The Hall–Kier alpha value is -1.12. The quantitative estimate of drug-likeness (QED) is 0.551. The summed E-state index contributed by atoms with van der Waals surface area (Å²) in [5.41, 5.74) is 1.21. The Morgan fingerprint density at radius 2 is 2.00 bits per heavy atom. The van der Waals surface area contributed by atoms with Crippen molar-refractivity contribution in [2.45, 2.75) is 0 Å².